The Kier molecular flexibility index (Phi) is 10.4. The molecule has 0 heterocycles. The van der Waals surface area contributed by atoms with Gasteiger partial charge in [0.1, 0.15) is 12.3 Å². The number of carbonyl (C=O) groups is 2. The van der Waals surface area contributed by atoms with Gasteiger partial charge in [-0.05, 0) is 74.0 Å². The van der Waals surface area contributed by atoms with Gasteiger partial charge in [-0.2, -0.15) is 18.3 Å². The Hall–Kier alpha value is -4.10. The number of anilines is 1. The van der Waals surface area contributed by atoms with Gasteiger partial charge in [0, 0.05) is 6.04 Å². The van der Waals surface area contributed by atoms with E-state index in [0.717, 1.165) is 6.07 Å². The van der Waals surface area contributed by atoms with Gasteiger partial charge in [-0.25, -0.2) is 13.8 Å². The Morgan fingerprint density at radius 2 is 1.68 bits per heavy atom. The predicted molar refractivity (Wildman–Crippen MR) is 148 cm³/mol. The standard InChI is InChI=1S/C27H26ClF3N4O5S/c1-18(2)33-26(37)17-40-21-11-8-19(9-12-21)15-32-34-25(36)16-35(41(38,39)22-6-4-3-5-7-22)24-14-20(27(29,30)31)10-13-23(24)28/h3-15,18H,16-17H2,1-2H3,(H,33,37)(H,34,36)/b32-15+. The number of benzene rings is 3. The number of hydrogen-bond acceptors (Lipinski definition) is 6. The molecule has 0 atom stereocenters. The molecule has 0 aliphatic rings. The summed E-state index contributed by atoms with van der Waals surface area (Å²) in [6.45, 7) is 2.57. The van der Waals surface area contributed by atoms with Crippen LogP contribution in [0.3, 0.4) is 0 Å². The van der Waals surface area contributed by atoms with Crippen LogP contribution in [0.1, 0.15) is 25.0 Å². The van der Waals surface area contributed by atoms with Crippen LogP contribution in [-0.4, -0.2) is 45.6 Å². The van der Waals surface area contributed by atoms with E-state index in [2.05, 4.69) is 15.8 Å². The topological polar surface area (TPSA) is 117 Å². The number of sulfonamides is 1. The first-order chi connectivity index (χ1) is 19.3. The zero-order valence-corrected chi connectivity index (χ0v) is 23.4. The van der Waals surface area contributed by atoms with E-state index in [1.165, 1.54) is 30.5 Å². The van der Waals surface area contributed by atoms with E-state index in [1.807, 2.05) is 13.8 Å². The molecular formula is C27H26ClF3N4O5S. The number of carbonyl (C=O) groups excluding carboxylic acids is 2. The molecule has 0 bridgehead atoms. The van der Waals surface area contributed by atoms with Crippen LogP contribution >= 0.6 is 11.6 Å². The summed E-state index contributed by atoms with van der Waals surface area (Å²) in [6.07, 6.45) is -3.52. The van der Waals surface area contributed by atoms with Gasteiger partial charge in [-0.3, -0.25) is 13.9 Å². The van der Waals surface area contributed by atoms with Gasteiger partial charge >= 0.3 is 6.18 Å². The summed E-state index contributed by atoms with van der Waals surface area (Å²) < 4.78 is 72.8. The molecule has 3 aromatic rings. The number of nitrogens with zero attached hydrogens (tertiary/aromatic N) is 2. The maximum Gasteiger partial charge on any atom is 0.416 e. The molecule has 0 unspecified atom stereocenters. The Morgan fingerprint density at radius 1 is 1.02 bits per heavy atom. The maximum atomic E-state index is 13.4. The van der Waals surface area contributed by atoms with Crippen molar-refractivity contribution in [2.75, 3.05) is 17.5 Å². The van der Waals surface area contributed by atoms with E-state index in [-0.39, 0.29) is 28.5 Å². The smallest absolute Gasteiger partial charge is 0.416 e. The van der Waals surface area contributed by atoms with Crippen LogP contribution in [0.2, 0.25) is 5.02 Å². The zero-order valence-electron chi connectivity index (χ0n) is 21.9. The molecule has 41 heavy (non-hydrogen) atoms. The van der Waals surface area contributed by atoms with Crippen LogP contribution in [0, 0.1) is 0 Å². The lowest BCUT2D eigenvalue weighted by molar-refractivity contribution is -0.137. The van der Waals surface area contributed by atoms with Crippen molar-refractivity contribution in [3.05, 3.63) is 88.9 Å². The van der Waals surface area contributed by atoms with Gasteiger partial charge in [0.05, 0.1) is 27.4 Å². The van der Waals surface area contributed by atoms with E-state index in [4.69, 9.17) is 16.3 Å². The summed E-state index contributed by atoms with van der Waals surface area (Å²) in [6, 6.07) is 15.4. The molecule has 9 nitrogen and oxygen atoms in total. The SMILES string of the molecule is CC(C)NC(=O)COc1ccc(/C=N/NC(=O)CN(c2cc(C(F)(F)F)ccc2Cl)S(=O)(=O)c2ccccc2)cc1. The number of hydrogen-bond donors (Lipinski definition) is 2. The van der Waals surface area contributed by atoms with Crippen LogP contribution in [0.15, 0.2) is 82.8 Å². The monoisotopic (exact) mass is 610 g/mol. The van der Waals surface area contributed by atoms with Gasteiger partial charge in [0.15, 0.2) is 6.61 Å². The van der Waals surface area contributed by atoms with Gasteiger partial charge < -0.3 is 10.1 Å². The van der Waals surface area contributed by atoms with E-state index in [1.54, 1.807) is 30.3 Å². The highest BCUT2D eigenvalue weighted by molar-refractivity contribution is 7.92. The normalized spacial score (nSPS) is 11.9. The van der Waals surface area contributed by atoms with Crippen molar-refractivity contribution in [3.63, 3.8) is 0 Å². The van der Waals surface area contributed by atoms with Crippen molar-refractivity contribution in [2.24, 2.45) is 5.10 Å². The average Bonchev–Trinajstić information content (AvgIpc) is 2.91. The van der Waals surface area contributed by atoms with E-state index in [9.17, 15) is 31.2 Å². The number of hydrazone groups is 1. The van der Waals surface area contributed by atoms with Crippen molar-refractivity contribution < 1.29 is 35.9 Å². The van der Waals surface area contributed by atoms with Crippen molar-refractivity contribution in [2.45, 2.75) is 31.0 Å². The third kappa shape index (κ3) is 8.95. The van der Waals surface area contributed by atoms with E-state index < -0.39 is 39.9 Å². The lowest BCUT2D eigenvalue weighted by Gasteiger charge is -2.25. The Morgan fingerprint density at radius 3 is 2.29 bits per heavy atom. The lowest BCUT2D eigenvalue weighted by Crippen LogP contribution is -2.40. The van der Waals surface area contributed by atoms with Gasteiger partial charge in [0.2, 0.25) is 0 Å². The molecule has 2 N–H and O–H groups in total. The highest BCUT2D eigenvalue weighted by Crippen LogP contribution is 2.37. The Labute approximate surface area is 240 Å². The van der Waals surface area contributed by atoms with Crippen LogP contribution < -0.4 is 19.8 Å². The first-order valence-electron chi connectivity index (χ1n) is 12.1. The van der Waals surface area contributed by atoms with E-state index >= 15 is 0 Å². The molecule has 0 aromatic heterocycles. The molecule has 0 radical (unpaired) electrons. The molecular weight excluding hydrogens is 585 g/mol. The fourth-order valence-electron chi connectivity index (χ4n) is 3.41. The second-order valence-corrected chi connectivity index (χ2v) is 11.1. The molecule has 3 rings (SSSR count). The van der Waals surface area contributed by atoms with Gasteiger partial charge in [0.25, 0.3) is 21.8 Å². The number of halogens is 4. The second kappa shape index (κ2) is 13.5. The van der Waals surface area contributed by atoms with Crippen molar-refractivity contribution in [1.29, 1.82) is 0 Å². The fraction of sp³-hybridized carbons (Fsp3) is 0.222. The Bertz CT molecular complexity index is 1500. The molecule has 0 spiro atoms. The number of amides is 2. The van der Waals surface area contributed by atoms with Crippen LogP contribution in [0.5, 0.6) is 5.75 Å². The quantitative estimate of drug-likeness (QED) is 0.243. The van der Waals surface area contributed by atoms with Crippen molar-refractivity contribution in [3.8, 4) is 5.75 Å². The minimum Gasteiger partial charge on any atom is -0.484 e. The molecule has 0 saturated heterocycles. The molecule has 0 aliphatic carbocycles. The number of rotatable bonds is 11. The second-order valence-electron chi connectivity index (χ2n) is 8.86. The van der Waals surface area contributed by atoms with Crippen molar-refractivity contribution >= 4 is 45.3 Å². The summed E-state index contributed by atoms with van der Waals surface area (Å²) in [5, 5.41) is 6.18. The summed E-state index contributed by atoms with van der Waals surface area (Å²) in [5.41, 5.74) is 1.03. The van der Waals surface area contributed by atoms with Crippen LogP contribution in [0.4, 0.5) is 18.9 Å². The third-order valence-electron chi connectivity index (χ3n) is 5.26. The summed E-state index contributed by atoms with van der Waals surface area (Å²) in [4.78, 5) is 24.1. The maximum absolute atomic E-state index is 13.4. The molecule has 0 fully saturated rings. The Balaban J connectivity index is 1.76. The fourth-order valence-corrected chi connectivity index (χ4v) is 5.13. The molecule has 218 valence electrons. The van der Waals surface area contributed by atoms with Crippen molar-refractivity contribution in [1.82, 2.24) is 10.7 Å². The highest BCUT2D eigenvalue weighted by atomic mass is 35.5. The van der Waals surface area contributed by atoms with Crippen LogP contribution in [0.25, 0.3) is 0 Å². The first-order valence-corrected chi connectivity index (χ1v) is 13.9. The minimum atomic E-state index is -4.78. The minimum absolute atomic E-state index is 0.0209. The molecule has 0 aliphatic heterocycles. The van der Waals surface area contributed by atoms with E-state index in [0.29, 0.717) is 27.8 Å². The highest BCUT2D eigenvalue weighted by Gasteiger charge is 2.34. The first kappa shape index (κ1) is 31.4. The molecule has 14 heteroatoms. The zero-order chi connectivity index (χ0) is 30.2. The summed E-state index contributed by atoms with van der Waals surface area (Å²) in [5.74, 6) is -0.793. The van der Waals surface area contributed by atoms with Gasteiger partial charge in [-0.1, -0.05) is 29.8 Å². The average molecular weight is 611 g/mol. The number of alkyl halides is 3. The van der Waals surface area contributed by atoms with Crippen LogP contribution in [-0.2, 0) is 25.8 Å². The molecule has 3 aromatic carbocycles. The molecule has 0 saturated carbocycles. The summed E-state index contributed by atoms with van der Waals surface area (Å²) >= 11 is 6.11. The molecule has 2 amide bonds. The number of ether oxygens (including phenoxy) is 1. The predicted octanol–water partition coefficient (Wildman–Crippen LogP) is 4.61. The lowest BCUT2D eigenvalue weighted by atomic mass is 10.2. The van der Waals surface area contributed by atoms with Gasteiger partial charge in [-0.15, -0.1) is 0 Å². The largest absolute Gasteiger partial charge is 0.484 e. The third-order valence-corrected chi connectivity index (χ3v) is 7.36. The summed E-state index contributed by atoms with van der Waals surface area (Å²) in [7, 11) is -4.51. The number of nitrogens with one attached hydrogen (secondary N) is 2.